The Balaban J connectivity index is 2.25. The maximum atomic E-state index is 12.7. The van der Waals surface area contributed by atoms with Gasteiger partial charge in [-0.25, -0.2) is 9.78 Å². The summed E-state index contributed by atoms with van der Waals surface area (Å²) in [4.78, 5) is 23.7. The van der Waals surface area contributed by atoms with Crippen LogP contribution in [0.3, 0.4) is 0 Å². The SMILES string of the molecule is O=C(O)Cc1nnc(Sc2nc(C(F)(F)F)c(C(=O)O)s2)s1. The number of nitrogens with zero attached hydrogens (tertiary/aromatic N) is 3. The van der Waals surface area contributed by atoms with Crippen molar-refractivity contribution in [2.75, 3.05) is 0 Å². The molecule has 13 heteroatoms. The van der Waals surface area contributed by atoms with Crippen molar-refractivity contribution in [1.82, 2.24) is 15.2 Å². The zero-order valence-electron chi connectivity index (χ0n) is 10.1. The topological polar surface area (TPSA) is 113 Å². The molecular formula is C9H4F3N3O4S3. The molecule has 0 saturated carbocycles. The summed E-state index contributed by atoms with van der Waals surface area (Å²) in [6.45, 7) is 0. The highest BCUT2D eigenvalue weighted by Crippen LogP contribution is 2.40. The van der Waals surface area contributed by atoms with Crippen LogP contribution in [0, 0.1) is 0 Å². The Kier molecular flexibility index (Phi) is 4.67. The quantitative estimate of drug-likeness (QED) is 0.824. The molecule has 2 rings (SSSR count). The summed E-state index contributed by atoms with van der Waals surface area (Å²) in [6, 6.07) is 0. The molecule has 0 unspecified atom stereocenters. The van der Waals surface area contributed by atoms with Crippen molar-refractivity contribution in [2.45, 2.75) is 21.3 Å². The van der Waals surface area contributed by atoms with Crippen molar-refractivity contribution in [1.29, 1.82) is 0 Å². The summed E-state index contributed by atoms with van der Waals surface area (Å²) in [5.41, 5.74) is -1.47. The second-order valence-corrected chi connectivity index (χ2v) is 7.15. The summed E-state index contributed by atoms with van der Waals surface area (Å²) < 4.78 is 38.1. The van der Waals surface area contributed by atoms with Crippen LogP contribution in [0.2, 0.25) is 0 Å². The zero-order chi connectivity index (χ0) is 16.5. The smallest absolute Gasteiger partial charge is 0.435 e. The van der Waals surface area contributed by atoms with Gasteiger partial charge < -0.3 is 10.2 Å². The summed E-state index contributed by atoms with van der Waals surface area (Å²) in [5, 5.41) is 24.7. The lowest BCUT2D eigenvalue weighted by molar-refractivity contribution is -0.141. The first-order valence-corrected chi connectivity index (χ1v) is 7.65. The lowest BCUT2D eigenvalue weighted by atomic mass is 10.3. The molecule has 0 aromatic carbocycles. The van der Waals surface area contributed by atoms with Gasteiger partial charge in [0.25, 0.3) is 0 Å². The van der Waals surface area contributed by atoms with Crippen molar-refractivity contribution in [3.05, 3.63) is 15.6 Å². The molecule has 0 saturated heterocycles. The molecule has 0 radical (unpaired) electrons. The molecule has 0 aliphatic rings. The van der Waals surface area contributed by atoms with Crippen LogP contribution in [-0.2, 0) is 17.4 Å². The molecule has 0 spiro atoms. The standard InChI is InChI=1S/C9H4F3N3O4S3/c10-9(11,12)5-4(6(18)19)21-7(13-5)22-8-15-14-2(20-8)1-3(16)17/h1H2,(H,16,17)(H,18,19). The van der Waals surface area contributed by atoms with E-state index >= 15 is 0 Å². The first kappa shape index (κ1) is 16.6. The van der Waals surface area contributed by atoms with Crippen molar-refractivity contribution in [3.8, 4) is 0 Å². The van der Waals surface area contributed by atoms with E-state index in [2.05, 4.69) is 15.2 Å². The monoisotopic (exact) mass is 371 g/mol. The molecule has 22 heavy (non-hydrogen) atoms. The summed E-state index contributed by atoms with van der Waals surface area (Å²) in [7, 11) is 0. The molecular weight excluding hydrogens is 367 g/mol. The molecule has 2 N–H and O–H groups in total. The number of thiazole rings is 1. The maximum absolute atomic E-state index is 12.7. The van der Waals surface area contributed by atoms with Gasteiger partial charge in [-0.2, -0.15) is 13.2 Å². The Morgan fingerprint density at radius 3 is 2.32 bits per heavy atom. The van der Waals surface area contributed by atoms with Crippen molar-refractivity contribution < 1.29 is 33.0 Å². The number of carbonyl (C=O) groups is 2. The van der Waals surface area contributed by atoms with Crippen molar-refractivity contribution in [2.24, 2.45) is 0 Å². The average molecular weight is 371 g/mol. The van der Waals surface area contributed by atoms with E-state index < -0.39 is 28.7 Å². The van der Waals surface area contributed by atoms with Gasteiger partial charge in [-0.15, -0.1) is 10.2 Å². The fourth-order valence-electron chi connectivity index (χ4n) is 1.24. The molecule has 0 atom stereocenters. The zero-order valence-corrected chi connectivity index (χ0v) is 12.6. The second kappa shape index (κ2) is 6.18. The van der Waals surface area contributed by atoms with E-state index in [9.17, 15) is 22.8 Å². The van der Waals surface area contributed by atoms with Crippen LogP contribution < -0.4 is 0 Å². The number of rotatable bonds is 5. The molecule has 118 valence electrons. The number of aliphatic carboxylic acids is 1. The van der Waals surface area contributed by atoms with Gasteiger partial charge in [0.05, 0.1) is 6.42 Å². The van der Waals surface area contributed by atoms with Gasteiger partial charge in [0.1, 0.15) is 9.88 Å². The third-order valence-corrected chi connectivity index (χ3v) is 5.07. The van der Waals surface area contributed by atoms with Crippen molar-refractivity contribution in [3.63, 3.8) is 0 Å². The van der Waals surface area contributed by atoms with E-state index in [1.165, 1.54) is 0 Å². The minimum absolute atomic E-state index is 0.164. The van der Waals surface area contributed by atoms with E-state index in [0.717, 1.165) is 11.3 Å². The number of aromatic nitrogens is 3. The molecule has 7 nitrogen and oxygen atoms in total. The highest BCUT2D eigenvalue weighted by molar-refractivity contribution is 8.02. The molecule has 0 bridgehead atoms. The molecule has 2 aromatic rings. The number of hydrogen-bond acceptors (Lipinski definition) is 8. The van der Waals surface area contributed by atoms with Crippen LogP contribution in [-0.4, -0.2) is 37.3 Å². The number of carboxylic acid groups (broad SMARTS) is 2. The number of alkyl halides is 3. The van der Waals surface area contributed by atoms with Crippen LogP contribution in [0.25, 0.3) is 0 Å². The Morgan fingerprint density at radius 1 is 1.14 bits per heavy atom. The van der Waals surface area contributed by atoms with Gasteiger partial charge in [0.2, 0.25) is 0 Å². The van der Waals surface area contributed by atoms with Crippen molar-refractivity contribution >= 4 is 46.4 Å². The number of hydrogen-bond donors (Lipinski definition) is 2. The molecule has 0 amide bonds. The van der Waals surface area contributed by atoms with E-state index in [-0.39, 0.29) is 20.1 Å². The molecule has 0 fully saturated rings. The lowest BCUT2D eigenvalue weighted by Crippen LogP contribution is -2.11. The van der Waals surface area contributed by atoms with Gasteiger partial charge in [-0.1, -0.05) is 22.7 Å². The van der Waals surface area contributed by atoms with Gasteiger partial charge in [-0.05, 0) is 11.8 Å². The van der Waals surface area contributed by atoms with E-state index in [4.69, 9.17) is 10.2 Å². The summed E-state index contributed by atoms with van der Waals surface area (Å²) >= 11 is 1.95. The predicted molar refractivity (Wildman–Crippen MR) is 69.4 cm³/mol. The van der Waals surface area contributed by atoms with Crippen LogP contribution in [0.5, 0.6) is 0 Å². The summed E-state index contributed by atoms with van der Waals surface area (Å²) in [6.07, 6.45) is -5.23. The Hall–Kier alpha value is -1.73. The normalized spacial score (nSPS) is 11.6. The molecule has 0 aliphatic carbocycles. The number of carboxylic acids is 2. The Labute approximate surface area is 131 Å². The van der Waals surface area contributed by atoms with Gasteiger partial charge in [0, 0.05) is 0 Å². The summed E-state index contributed by atoms with van der Waals surface area (Å²) in [5.74, 6) is -2.84. The van der Waals surface area contributed by atoms with Crippen LogP contribution in [0.15, 0.2) is 8.68 Å². The van der Waals surface area contributed by atoms with Gasteiger partial charge in [0.15, 0.2) is 14.4 Å². The number of halogens is 3. The minimum atomic E-state index is -4.88. The van der Waals surface area contributed by atoms with E-state index in [1.54, 1.807) is 0 Å². The highest BCUT2D eigenvalue weighted by atomic mass is 32.2. The molecule has 2 heterocycles. The first-order chi connectivity index (χ1) is 10.2. The maximum Gasteiger partial charge on any atom is 0.435 e. The fraction of sp³-hybridized carbons (Fsp3) is 0.222. The van der Waals surface area contributed by atoms with Gasteiger partial charge in [-0.3, -0.25) is 4.79 Å². The minimum Gasteiger partial charge on any atom is -0.481 e. The molecule has 2 aromatic heterocycles. The third kappa shape index (κ3) is 3.92. The van der Waals surface area contributed by atoms with Crippen LogP contribution >= 0.6 is 34.4 Å². The van der Waals surface area contributed by atoms with Crippen LogP contribution in [0.4, 0.5) is 13.2 Å². The Morgan fingerprint density at radius 2 is 1.82 bits per heavy atom. The van der Waals surface area contributed by atoms with E-state index in [0.29, 0.717) is 23.1 Å². The predicted octanol–water partition coefficient (Wildman–Crippen LogP) is 2.49. The van der Waals surface area contributed by atoms with Crippen LogP contribution in [0.1, 0.15) is 20.4 Å². The largest absolute Gasteiger partial charge is 0.481 e. The Bertz CT molecular complexity index is 727. The highest BCUT2D eigenvalue weighted by Gasteiger charge is 2.40. The third-order valence-electron chi connectivity index (χ3n) is 2.00. The van der Waals surface area contributed by atoms with Gasteiger partial charge >= 0.3 is 18.1 Å². The number of aromatic carboxylic acids is 1. The molecule has 0 aliphatic heterocycles. The fourth-order valence-corrected chi connectivity index (χ4v) is 4.33. The lowest BCUT2D eigenvalue weighted by Gasteiger charge is -2.02. The van der Waals surface area contributed by atoms with E-state index in [1.807, 2.05) is 0 Å². The first-order valence-electron chi connectivity index (χ1n) is 5.20. The second-order valence-electron chi connectivity index (χ2n) is 3.59. The average Bonchev–Trinajstić information content (AvgIpc) is 2.95.